The monoisotopic (exact) mass is 321 g/mol. The van der Waals surface area contributed by atoms with E-state index in [1.807, 2.05) is 18.2 Å². The van der Waals surface area contributed by atoms with Crippen LogP contribution in [0, 0.1) is 0 Å². The third kappa shape index (κ3) is 3.29. The Hall–Kier alpha value is -1.95. The van der Waals surface area contributed by atoms with Gasteiger partial charge in [-0.3, -0.25) is 0 Å². The molecule has 0 spiro atoms. The van der Waals surface area contributed by atoms with Gasteiger partial charge in [0.25, 0.3) is 0 Å². The summed E-state index contributed by atoms with van der Waals surface area (Å²) >= 11 is 3.43. The highest BCUT2D eigenvalue weighted by atomic mass is 79.9. The van der Waals surface area contributed by atoms with E-state index >= 15 is 0 Å². The number of nitrogens with one attached hydrogen (secondary N) is 1. The van der Waals surface area contributed by atoms with Crippen LogP contribution < -0.4 is 5.32 Å². The van der Waals surface area contributed by atoms with E-state index in [4.69, 9.17) is 5.11 Å². The van der Waals surface area contributed by atoms with Crippen LogP contribution in [0.15, 0.2) is 35.1 Å². The van der Waals surface area contributed by atoms with E-state index in [1.54, 1.807) is 0 Å². The molecule has 0 saturated carbocycles. The molecule has 0 saturated heterocycles. The van der Waals surface area contributed by atoms with Crippen molar-refractivity contribution in [3.05, 3.63) is 46.3 Å². The molecule has 2 aromatic rings. The largest absolute Gasteiger partial charge is 0.476 e. The van der Waals surface area contributed by atoms with Crippen molar-refractivity contribution in [1.82, 2.24) is 9.97 Å². The number of carboxylic acid groups (broad SMARTS) is 1. The summed E-state index contributed by atoms with van der Waals surface area (Å²) in [4.78, 5) is 18.5. The first-order chi connectivity index (χ1) is 9.10. The highest BCUT2D eigenvalue weighted by molar-refractivity contribution is 9.10. The first-order valence-electron chi connectivity index (χ1n) is 5.71. The van der Waals surface area contributed by atoms with E-state index in [9.17, 15) is 4.79 Å². The number of anilines is 2. The Labute approximate surface area is 118 Å². The van der Waals surface area contributed by atoms with Gasteiger partial charge in [-0.2, -0.15) is 0 Å². The van der Waals surface area contributed by atoms with Crippen molar-refractivity contribution in [2.45, 2.75) is 13.3 Å². The number of rotatable bonds is 4. The van der Waals surface area contributed by atoms with Gasteiger partial charge in [0.05, 0.1) is 12.4 Å². The van der Waals surface area contributed by atoms with Gasteiger partial charge in [-0.25, -0.2) is 14.8 Å². The Balaban J connectivity index is 2.23. The zero-order valence-corrected chi connectivity index (χ0v) is 11.8. The van der Waals surface area contributed by atoms with E-state index in [0.29, 0.717) is 5.82 Å². The van der Waals surface area contributed by atoms with Gasteiger partial charge in [-0.1, -0.05) is 22.9 Å². The number of carbonyl (C=O) groups is 1. The molecular weight excluding hydrogens is 310 g/mol. The third-order valence-electron chi connectivity index (χ3n) is 2.58. The fourth-order valence-electron chi connectivity index (χ4n) is 1.62. The lowest BCUT2D eigenvalue weighted by Gasteiger charge is -2.10. The third-order valence-corrected chi connectivity index (χ3v) is 3.08. The average molecular weight is 322 g/mol. The highest BCUT2D eigenvalue weighted by Gasteiger charge is 2.06. The Bertz CT molecular complexity index is 599. The summed E-state index contributed by atoms with van der Waals surface area (Å²) in [7, 11) is 0. The molecule has 2 N–H and O–H groups in total. The Kier molecular flexibility index (Phi) is 4.11. The maximum atomic E-state index is 10.7. The van der Waals surface area contributed by atoms with Crippen molar-refractivity contribution >= 4 is 33.4 Å². The fourth-order valence-corrected chi connectivity index (χ4v) is 2.03. The second-order valence-electron chi connectivity index (χ2n) is 3.87. The lowest BCUT2D eigenvalue weighted by atomic mass is 10.1. The Morgan fingerprint density at radius 1 is 1.37 bits per heavy atom. The van der Waals surface area contributed by atoms with Gasteiger partial charge in [0.1, 0.15) is 5.82 Å². The lowest BCUT2D eigenvalue weighted by Crippen LogP contribution is -2.03. The number of hydrogen-bond donors (Lipinski definition) is 2. The summed E-state index contributed by atoms with van der Waals surface area (Å²) in [5, 5.41) is 11.9. The number of aryl methyl sites for hydroxylation is 1. The summed E-state index contributed by atoms with van der Waals surface area (Å²) in [5.74, 6) is -0.570. The van der Waals surface area contributed by atoms with Gasteiger partial charge < -0.3 is 10.4 Å². The molecule has 98 valence electrons. The summed E-state index contributed by atoms with van der Waals surface area (Å²) < 4.78 is 1.02. The second-order valence-corrected chi connectivity index (χ2v) is 4.79. The van der Waals surface area contributed by atoms with Crippen LogP contribution in [-0.2, 0) is 6.42 Å². The molecule has 19 heavy (non-hydrogen) atoms. The number of aromatic nitrogens is 2. The molecular formula is C13H12BrN3O2. The molecule has 0 unspecified atom stereocenters. The second kappa shape index (κ2) is 5.79. The van der Waals surface area contributed by atoms with Gasteiger partial charge in [-0.05, 0) is 30.2 Å². The van der Waals surface area contributed by atoms with Crippen molar-refractivity contribution in [3.63, 3.8) is 0 Å². The van der Waals surface area contributed by atoms with E-state index in [2.05, 4.69) is 38.1 Å². The predicted molar refractivity (Wildman–Crippen MR) is 75.8 cm³/mol. The Morgan fingerprint density at radius 2 is 2.16 bits per heavy atom. The summed E-state index contributed by atoms with van der Waals surface area (Å²) in [6.07, 6.45) is 3.52. The molecule has 0 aliphatic heterocycles. The van der Waals surface area contributed by atoms with Crippen LogP contribution >= 0.6 is 15.9 Å². The zero-order chi connectivity index (χ0) is 13.8. The first-order valence-corrected chi connectivity index (χ1v) is 6.50. The van der Waals surface area contributed by atoms with Crippen LogP contribution in [0.1, 0.15) is 23.0 Å². The molecule has 0 atom stereocenters. The molecule has 1 aromatic carbocycles. The topological polar surface area (TPSA) is 75.1 Å². The summed E-state index contributed by atoms with van der Waals surface area (Å²) in [6.45, 7) is 2.06. The van der Waals surface area contributed by atoms with Crippen molar-refractivity contribution in [3.8, 4) is 0 Å². The minimum absolute atomic E-state index is 0.0722. The Morgan fingerprint density at radius 3 is 2.74 bits per heavy atom. The zero-order valence-electron chi connectivity index (χ0n) is 10.2. The minimum Gasteiger partial charge on any atom is -0.476 e. The SMILES string of the molecule is CCc1cc(Br)ccc1Nc1cnc(C(=O)O)cn1. The van der Waals surface area contributed by atoms with Crippen LogP contribution in [0.25, 0.3) is 0 Å². The number of benzene rings is 1. The van der Waals surface area contributed by atoms with E-state index < -0.39 is 5.97 Å². The predicted octanol–water partition coefficient (Wildman–Crippen LogP) is 3.24. The average Bonchev–Trinajstić information content (AvgIpc) is 2.41. The number of aromatic carboxylic acids is 1. The highest BCUT2D eigenvalue weighted by Crippen LogP contribution is 2.23. The van der Waals surface area contributed by atoms with Gasteiger partial charge in [0, 0.05) is 10.2 Å². The van der Waals surface area contributed by atoms with Gasteiger partial charge >= 0.3 is 5.97 Å². The molecule has 1 aromatic heterocycles. The van der Waals surface area contributed by atoms with Gasteiger partial charge in [0.2, 0.25) is 0 Å². The fraction of sp³-hybridized carbons (Fsp3) is 0.154. The lowest BCUT2D eigenvalue weighted by molar-refractivity contribution is 0.0690. The van der Waals surface area contributed by atoms with Crippen molar-refractivity contribution in [2.75, 3.05) is 5.32 Å². The van der Waals surface area contributed by atoms with Gasteiger partial charge in [-0.15, -0.1) is 0 Å². The molecule has 0 amide bonds. The smallest absolute Gasteiger partial charge is 0.356 e. The van der Waals surface area contributed by atoms with Crippen LogP contribution in [-0.4, -0.2) is 21.0 Å². The standard InChI is InChI=1S/C13H12BrN3O2/c1-2-8-5-9(14)3-4-10(8)17-12-7-15-11(6-16-12)13(18)19/h3-7H,2H2,1H3,(H,16,17)(H,18,19). The molecule has 2 rings (SSSR count). The number of nitrogens with zero attached hydrogens (tertiary/aromatic N) is 2. The molecule has 5 nitrogen and oxygen atoms in total. The van der Waals surface area contributed by atoms with E-state index in [-0.39, 0.29) is 5.69 Å². The molecule has 1 heterocycles. The normalized spacial score (nSPS) is 10.2. The summed E-state index contributed by atoms with van der Waals surface area (Å²) in [5.41, 5.74) is 2.00. The van der Waals surface area contributed by atoms with E-state index in [0.717, 1.165) is 22.1 Å². The molecule has 0 aliphatic rings. The van der Waals surface area contributed by atoms with Crippen molar-refractivity contribution in [2.24, 2.45) is 0 Å². The maximum absolute atomic E-state index is 10.7. The van der Waals surface area contributed by atoms with Crippen LogP contribution in [0.2, 0.25) is 0 Å². The molecule has 0 bridgehead atoms. The van der Waals surface area contributed by atoms with Gasteiger partial charge in [0.15, 0.2) is 5.69 Å². The van der Waals surface area contributed by atoms with E-state index in [1.165, 1.54) is 12.4 Å². The number of carboxylic acids is 1. The van der Waals surface area contributed by atoms with Crippen molar-refractivity contribution < 1.29 is 9.90 Å². The maximum Gasteiger partial charge on any atom is 0.356 e. The molecule has 0 aliphatic carbocycles. The molecule has 6 heteroatoms. The number of hydrogen-bond acceptors (Lipinski definition) is 4. The minimum atomic E-state index is -1.09. The quantitative estimate of drug-likeness (QED) is 0.904. The van der Waals surface area contributed by atoms with Crippen LogP contribution in [0.5, 0.6) is 0 Å². The molecule has 0 radical (unpaired) electrons. The van der Waals surface area contributed by atoms with Crippen LogP contribution in [0.4, 0.5) is 11.5 Å². The number of halogens is 1. The summed E-state index contributed by atoms with van der Waals surface area (Å²) in [6, 6.07) is 5.90. The molecule has 0 fully saturated rings. The van der Waals surface area contributed by atoms with Crippen LogP contribution in [0.3, 0.4) is 0 Å². The first kappa shape index (κ1) is 13.5. The van der Waals surface area contributed by atoms with Crippen molar-refractivity contribution in [1.29, 1.82) is 0 Å².